The Bertz CT molecular complexity index is 1230. The number of benzene rings is 2. The van der Waals surface area contributed by atoms with Crippen molar-refractivity contribution in [3.63, 3.8) is 0 Å². The van der Waals surface area contributed by atoms with Crippen LogP contribution in [0, 0.1) is 17.5 Å². The molecule has 0 aliphatic carbocycles. The van der Waals surface area contributed by atoms with Gasteiger partial charge in [-0.15, -0.1) is 0 Å². The Balaban J connectivity index is 1.64. The van der Waals surface area contributed by atoms with Crippen LogP contribution in [0.5, 0.6) is 0 Å². The topological polar surface area (TPSA) is 100 Å². The van der Waals surface area contributed by atoms with Crippen molar-refractivity contribution >= 4 is 28.5 Å². The molecule has 4 N–H and O–H groups in total. The number of halogens is 3. The highest BCUT2D eigenvalue weighted by atomic mass is 19.2. The smallest absolute Gasteiger partial charge is 0.317 e. The molecular formula is C25H26F3N5O2. The first kappa shape index (κ1) is 25.7. The van der Waals surface area contributed by atoms with Crippen LogP contribution >= 0.6 is 0 Å². The predicted octanol–water partition coefficient (Wildman–Crippen LogP) is 4.10. The van der Waals surface area contributed by atoms with Crippen LogP contribution in [-0.2, 0) is 11.3 Å². The summed E-state index contributed by atoms with van der Waals surface area (Å²) in [5, 5.41) is 6.48. The number of nitrogens with two attached hydrogens (primary N) is 1. The lowest BCUT2D eigenvalue weighted by atomic mass is 10.1. The maximum atomic E-state index is 13.8. The standard InChI is InChI=1S/C25H26F3N5O2/c1-33(25(35)31-15-17-4-2-6-21(27)24(17)28)20(5-3-11-29)9-10-23(34)32-22-13-18-12-19(26)8-7-16(18)14-30-22/h2,4,6-10,12-14,20H,3,5,11,15,29H2,1H3,(H,31,35)(H,30,32,34)/b10-9+. The number of anilines is 1. The lowest BCUT2D eigenvalue weighted by molar-refractivity contribution is -0.112. The number of aromatic nitrogens is 1. The van der Waals surface area contributed by atoms with Crippen molar-refractivity contribution in [2.24, 2.45) is 5.73 Å². The van der Waals surface area contributed by atoms with E-state index in [0.29, 0.717) is 24.8 Å². The zero-order valence-corrected chi connectivity index (χ0v) is 19.1. The molecule has 0 saturated heterocycles. The average Bonchev–Trinajstić information content (AvgIpc) is 2.84. The van der Waals surface area contributed by atoms with E-state index < -0.39 is 35.4 Å². The lowest BCUT2D eigenvalue weighted by Crippen LogP contribution is -2.43. The van der Waals surface area contributed by atoms with E-state index in [2.05, 4.69) is 15.6 Å². The fourth-order valence-electron chi connectivity index (χ4n) is 3.42. The number of hydrogen-bond acceptors (Lipinski definition) is 4. The summed E-state index contributed by atoms with van der Waals surface area (Å²) in [6.45, 7) is 0.187. The Morgan fingerprint density at radius 1 is 1.14 bits per heavy atom. The summed E-state index contributed by atoms with van der Waals surface area (Å²) in [6, 6.07) is 8.54. The number of rotatable bonds is 9. The SMILES string of the molecule is CN(C(=O)NCc1cccc(F)c1F)C(/C=C/C(=O)Nc1cc2cc(F)ccc2cn1)CCCN. The number of pyridine rings is 1. The molecule has 3 amide bonds. The summed E-state index contributed by atoms with van der Waals surface area (Å²) in [4.78, 5) is 30.5. The number of amides is 3. The second-order valence-corrected chi connectivity index (χ2v) is 7.89. The number of fused-ring (bicyclic) bond motifs is 1. The number of carbonyl (C=O) groups is 2. The van der Waals surface area contributed by atoms with Gasteiger partial charge < -0.3 is 21.3 Å². The summed E-state index contributed by atoms with van der Waals surface area (Å²) < 4.78 is 40.7. The molecule has 0 bridgehead atoms. The van der Waals surface area contributed by atoms with Crippen molar-refractivity contribution in [3.8, 4) is 0 Å². The first-order valence-corrected chi connectivity index (χ1v) is 11.0. The van der Waals surface area contributed by atoms with Crippen molar-refractivity contribution in [3.05, 3.63) is 83.8 Å². The number of hydrogen-bond donors (Lipinski definition) is 3. The highest BCUT2D eigenvalue weighted by molar-refractivity contribution is 5.99. The first-order chi connectivity index (χ1) is 16.8. The molecule has 1 unspecified atom stereocenters. The zero-order chi connectivity index (χ0) is 25.4. The minimum Gasteiger partial charge on any atom is -0.334 e. The quantitative estimate of drug-likeness (QED) is 0.398. The van der Waals surface area contributed by atoms with Crippen molar-refractivity contribution in [2.45, 2.75) is 25.4 Å². The van der Waals surface area contributed by atoms with Crippen LogP contribution in [0.25, 0.3) is 10.8 Å². The van der Waals surface area contributed by atoms with Crippen LogP contribution in [0.15, 0.2) is 60.8 Å². The number of nitrogens with one attached hydrogen (secondary N) is 2. The maximum Gasteiger partial charge on any atom is 0.317 e. The molecule has 0 fully saturated rings. The van der Waals surface area contributed by atoms with Crippen LogP contribution < -0.4 is 16.4 Å². The fraction of sp³-hybridized carbons (Fsp3) is 0.240. The number of carbonyl (C=O) groups excluding carboxylic acids is 2. The molecule has 3 rings (SSSR count). The van der Waals surface area contributed by atoms with E-state index in [-0.39, 0.29) is 17.9 Å². The maximum absolute atomic E-state index is 13.8. The van der Waals surface area contributed by atoms with Crippen LogP contribution in [0.3, 0.4) is 0 Å². The molecular weight excluding hydrogens is 459 g/mol. The van der Waals surface area contributed by atoms with E-state index in [4.69, 9.17) is 5.73 Å². The summed E-state index contributed by atoms with van der Waals surface area (Å²) in [6.07, 6.45) is 5.41. The molecule has 0 aliphatic heterocycles. The van der Waals surface area contributed by atoms with Crippen molar-refractivity contribution in [1.29, 1.82) is 0 Å². The van der Waals surface area contributed by atoms with Gasteiger partial charge in [-0.1, -0.05) is 18.2 Å². The van der Waals surface area contributed by atoms with Crippen LogP contribution in [0.1, 0.15) is 18.4 Å². The van der Waals surface area contributed by atoms with Gasteiger partial charge >= 0.3 is 6.03 Å². The second-order valence-electron chi connectivity index (χ2n) is 7.89. The summed E-state index contributed by atoms with van der Waals surface area (Å²) in [5.41, 5.74) is 5.61. The third-order valence-electron chi connectivity index (χ3n) is 5.39. The Hall–Kier alpha value is -3.92. The molecule has 0 saturated carbocycles. The van der Waals surface area contributed by atoms with Gasteiger partial charge in [0.05, 0.1) is 6.04 Å². The first-order valence-electron chi connectivity index (χ1n) is 11.0. The largest absolute Gasteiger partial charge is 0.334 e. The van der Waals surface area contributed by atoms with Crippen LogP contribution in [0.4, 0.5) is 23.8 Å². The number of likely N-dealkylation sites (N-methyl/N-ethyl adjacent to an activating group) is 1. The highest BCUT2D eigenvalue weighted by Gasteiger charge is 2.18. The Morgan fingerprint density at radius 3 is 2.71 bits per heavy atom. The van der Waals surface area contributed by atoms with Gasteiger partial charge in [0.2, 0.25) is 5.91 Å². The predicted molar refractivity (Wildman–Crippen MR) is 128 cm³/mol. The van der Waals surface area contributed by atoms with E-state index in [9.17, 15) is 22.8 Å². The van der Waals surface area contributed by atoms with Gasteiger partial charge in [-0.3, -0.25) is 4.79 Å². The number of urea groups is 1. The van der Waals surface area contributed by atoms with Gasteiger partial charge in [0.1, 0.15) is 11.6 Å². The molecule has 0 aliphatic rings. The third kappa shape index (κ3) is 7.03. The molecule has 7 nitrogen and oxygen atoms in total. The molecule has 0 spiro atoms. The van der Waals surface area contributed by atoms with Gasteiger partial charge in [0.15, 0.2) is 11.6 Å². The Labute approximate surface area is 200 Å². The summed E-state index contributed by atoms with van der Waals surface area (Å²) >= 11 is 0. The molecule has 1 atom stereocenters. The normalized spacial score (nSPS) is 12.0. The van der Waals surface area contributed by atoms with Crippen LogP contribution in [0.2, 0.25) is 0 Å². The van der Waals surface area contributed by atoms with E-state index in [1.54, 1.807) is 18.2 Å². The molecule has 35 heavy (non-hydrogen) atoms. The number of nitrogens with zero attached hydrogens (tertiary/aromatic N) is 2. The molecule has 10 heteroatoms. The van der Waals surface area contributed by atoms with E-state index in [0.717, 1.165) is 11.5 Å². The molecule has 2 aromatic carbocycles. The molecule has 184 valence electrons. The minimum atomic E-state index is -1.02. The monoisotopic (exact) mass is 485 g/mol. The lowest BCUT2D eigenvalue weighted by Gasteiger charge is -2.26. The Morgan fingerprint density at radius 2 is 1.94 bits per heavy atom. The molecule has 0 radical (unpaired) electrons. The van der Waals surface area contributed by atoms with Gasteiger partial charge in [0.25, 0.3) is 0 Å². The Kier molecular flexibility index (Phi) is 8.80. The van der Waals surface area contributed by atoms with Gasteiger partial charge in [-0.25, -0.2) is 22.9 Å². The second kappa shape index (κ2) is 12.0. The fourth-order valence-corrected chi connectivity index (χ4v) is 3.42. The van der Waals surface area contributed by atoms with Crippen molar-refractivity contribution < 1.29 is 22.8 Å². The zero-order valence-electron chi connectivity index (χ0n) is 19.1. The summed E-state index contributed by atoms with van der Waals surface area (Å²) in [5.74, 6) is -2.64. The van der Waals surface area contributed by atoms with Crippen LogP contribution in [-0.4, -0.2) is 41.5 Å². The third-order valence-corrected chi connectivity index (χ3v) is 5.39. The summed E-state index contributed by atoms with van der Waals surface area (Å²) in [7, 11) is 1.53. The molecule has 1 heterocycles. The van der Waals surface area contributed by atoms with E-state index in [1.165, 1.54) is 48.5 Å². The molecule has 1 aromatic heterocycles. The molecule has 3 aromatic rings. The van der Waals surface area contributed by atoms with E-state index in [1.807, 2.05) is 0 Å². The van der Waals surface area contributed by atoms with Gasteiger partial charge in [-0.05, 0) is 55.1 Å². The minimum absolute atomic E-state index is 0.0166. The van der Waals surface area contributed by atoms with Gasteiger partial charge in [-0.2, -0.15) is 0 Å². The van der Waals surface area contributed by atoms with Crippen molar-refractivity contribution in [2.75, 3.05) is 18.9 Å². The average molecular weight is 486 g/mol. The van der Waals surface area contributed by atoms with E-state index >= 15 is 0 Å². The van der Waals surface area contributed by atoms with Gasteiger partial charge in [0, 0.05) is 36.8 Å². The van der Waals surface area contributed by atoms with Crippen molar-refractivity contribution in [1.82, 2.24) is 15.2 Å². The highest BCUT2D eigenvalue weighted by Crippen LogP contribution is 2.18.